The van der Waals surface area contributed by atoms with Gasteiger partial charge < -0.3 is 10.2 Å². The number of carbonyl (C=O) groups excluding carboxylic acids is 1. The van der Waals surface area contributed by atoms with Gasteiger partial charge in [-0.05, 0) is 24.1 Å². The summed E-state index contributed by atoms with van der Waals surface area (Å²) in [4.78, 5) is 35.7. The zero-order chi connectivity index (χ0) is 17.1. The van der Waals surface area contributed by atoms with Crippen LogP contribution in [0.4, 0.5) is 0 Å². The molecule has 1 aromatic rings. The zero-order valence-corrected chi connectivity index (χ0v) is 13.7. The van der Waals surface area contributed by atoms with Gasteiger partial charge in [0.05, 0.1) is 11.3 Å². The third-order valence-electron chi connectivity index (χ3n) is 3.26. The summed E-state index contributed by atoms with van der Waals surface area (Å²) in [6, 6.07) is 5.89. The van der Waals surface area contributed by atoms with Crippen molar-refractivity contribution in [1.82, 2.24) is 4.90 Å². The van der Waals surface area contributed by atoms with Crippen molar-refractivity contribution in [2.24, 2.45) is 0 Å². The molecule has 0 aliphatic carbocycles. The fraction of sp³-hybridized carbons (Fsp3) is 0.200. The van der Waals surface area contributed by atoms with Gasteiger partial charge in [0.1, 0.15) is 10.4 Å². The minimum Gasteiger partial charge on any atom is -0.481 e. The molecule has 23 heavy (non-hydrogen) atoms. The van der Waals surface area contributed by atoms with Gasteiger partial charge in [0.15, 0.2) is 0 Å². The van der Waals surface area contributed by atoms with E-state index < -0.39 is 30.3 Å². The summed E-state index contributed by atoms with van der Waals surface area (Å²) in [5.74, 6) is -3.30. The van der Waals surface area contributed by atoms with Gasteiger partial charge in [-0.15, -0.1) is 0 Å². The number of carbonyl (C=O) groups is 3. The average Bonchev–Trinajstić information content (AvgIpc) is 2.73. The topological polar surface area (TPSA) is 94.9 Å². The van der Waals surface area contributed by atoms with Crippen molar-refractivity contribution in [2.75, 3.05) is 0 Å². The van der Waals surface area contributed by atoms with Gasteiger partial charge in [0.2, 0.25) is 0 Å². The minimum atomic E-state index is -1.51. The van der Waals surface area contributed by atoms with E-state index in [4.69, 9.17) is 17.3 Å². The molecule has 1 fully saturated rings. The molecule has 1 saturated heterocycles. The summed E-state index contributed by atoms with van der Waals surface area (Å²) in [6.45, 7) is 1.89. The van der Waals surface area contributed by atoms with Gasteiger partial charge in [-0.3, -0.25) is 14.5 Å². The summed E-state index contributed by atoms with van der Waals surface area (Å²) in [6.07, 6.45) is 0.924. The second kappa shape index (κ2) is 6.93. The number of hydrogen-bond acceptors (Lipinski definition) is 5. The molecular weight excluding hydrogens is 338 g/mol. The van der Waals surface area contributed by atoms with Crippen molar-refractivity contribution in [3.05, 3.63) is 40.3 Å². The first-order valence-corrected chi connectivity index (χ1v) is 7.81. The molecule has 0 radical (unpaired) electrons. The van der Waals surface area contributed by atoms with Crippen LogP contribution in [-0.2, 0) is 14.4 Å². The number of rotatable bonds is 5. The van der Waals surface area contributed by atoms with E-state index in [1.54, 1.807) is 6.08 Å². The average molecular weight is 351 g/mol. The number of aryl methyl sites for hydroxylation is 1. The van der Waals surface area contributed by atoms with Gasteiger partial charge in [-0.1, -0.05) is 48.2 Å². The largest absolute Gasteiger partial charge is 0.481 e. The van der Waals surface area contributed by atoms with Crippen molar-refractivity contribution in [3.63, 3.8) is 0 Å². The summed E-state index contributed by atoms with van der Waals surface area (Å²) >= 11 is 6.03. The molecule has 2 N–H and O–H groups in total. The molecule has 1 amide bonds. The van der Waals surface area contributed by atoms with Crippen LogP contribution in [0.3, 0.4) is 0 Å². The van der Waals surface area contributed by atoms with Crippen molar-refractivity contribution in [2.45, 2.75) is 19.4 Å². The molecule has 6 nitrogen and oxygen atoms in total. The number of aliphatic carboxylic acids is 2. The molecule has 1 atom stereocenters. The Kier molecular flexibility index (Phi) is 5.17. The quantitative estimate of drug-likeness (QED) is 0.620. The third kappa shape index (κ3) is 3.77. The summed E-state index contributed by atoms with van der Waals surface area (Å²) in [5, 5.41) is 18.0. The molecule has 1 aliphatic heterocycles. The lowest BCUT2D eigenvalue weighted by molar-refractivity contribution is -0.150. The highest BCUT2D eigenvalue weighted by Crippen LogP contribution is 2.35. The van der Waals surface area contributed by atoms with E-state index in [0.29, 0.717) is 0 Å². The van der Waals surface area contributed by atoms with Crippen molar-refractivity contribution >= 4 is 52.2 Å². The van der Waals surface area contributed by atoms with Gasteiger partial charge in [-0.2, -0.15) is 0 Å². The van der Waals surface area contributed by atoms with Crippen molar-refractivity contribution < 1.29 is 24.6 Å². The maximum Gasteiger partial charge on any atom is 0.327 e. The van der Waals surface area contributed by atoms with Gasteiger partial charge in [0, 0.05) is 0 Å². The SMILES string of the molecule is Cc1ccccc1/C=C1\SC(=S)N([C@H](CC(=O)O)C(=O)O)C1=O. The van der Waals surface area contributed by atoms with Crippen LogP contribution in [0.1, 0.15) is 17.5 Å². The second-order valence-electron chi connectivity index (χ2n) is 4.86. The van der Waals surface area contributed by atoms with E-state index in [-0.39, 0.29) is 9.23 Å². The molecule has 1 heterocycles. The fourth-order valence-electron chi connectivity index (χ4n) is 2.09. The molecule has 120 valence electrons. The van der Waals surface area contributed by atoms with Crippen LogP contribution in [0.5, 0.6) is 0 Å². The lowest BCUT2D eigenvalue weighted by atomic mass is 10.1. The van der Waals surface area contributed by atoms with Crippen LogP contribution < -0.4 is 0 Å². The summed E-state index contributed by atoms with van der Waals surface area (Å²) < 4.78 is 0.0449. The van der Waals surface area contributed by atoms with Gasteiger partial charge in [-0.25, -0.2) is 4.79 Å². The molecule has 8 heteroatoms. The number of hydrogen-bond donors (Lipinski definition) is 2. The molecule has 1 aliphatic rings. The van der Waals surface area contributed by atoms with E-state index in [1.165, 1.54) is 0 Å². The number of carboxylic acid groups (broad SMARTS) is 2. The number of carboxylic acids is 2. The Balaban J connectivity index is 2.34. The second-order valence-corrected chi connectivity index (χ2v) is 6.54. The van der Waals surface area contributed by atoms with Gasteiger partial charge in [0.25, 0.3) is 5.91 Å². The van der Waals surface area contributed by atoms with Crippen LogP contribution in [0.15, 0.2) is 29.2 Å². The van der Waals surface area contributed by atoms with Crippen molar-refractivity contribution in [3.8, 4) is 0 Å². The summed E-state index contributed by atoms with van der Waals surface area (Å²) in [7, 11) is 0. The predicted molar refractivity (Wildman–Crippen MR) is 89.9 cm³/mol. The Morgan fingerprint density at radius 1 is 1.35 bits per heavy atom. The molecule has 0 bridgehead atoms. The van der Waals surface area contributed by atoms with E-state index in [9.17, 15) is 19.5 Å². The highest BCUT2D eigenvalue weighted by molar-refractivity contribution is 8.26. The molecule has 1 aromatic carbocycles. The van der Waals surface area contributed by atoms with Crippen LogP contribution in [0, 0.1) is 6.92 Å². The van der Waals surface area contributed by atoms with E-state index in [0.717, 1.165) is 27.8 Å². The summed E-state index contributed by atoms with van der Waals surface area (Å²) in [5.41, 5.74) is 1.77. The number of thioether (sulfide) groups is 1. The Labute approximate surface area is 141 Å². The monoisotopic (exact) mass is 351 g/mol. The number of thiocarbonyl (C=S) groups is 1. The maximum atomic E-state index is 12.5. The highest BCUT2D eigenvalue weighted by atomic mass is 32.2. The predicted octanol–water partition coefficient (Wildman–Crippen LogP) is 2.12. The Morgan fingerprint density at radius 2 is 2.00 bits per heavy atom. The van der Waals surface area contributed by atoms with E-state index in [2.05, 4.69) is 0 Å². The maximum absolute atomic E-state index is 12.5. The highest BCUT2D eigenvalue weighted by Gasteiger charge is 2.41. The van der Waals surface area contributed by atoms with Crippen LogP contribution in [0.25, 0.3) is 6.08 Å². The normalized spacial score (nSPS) is 17.6. The smallest absolute Gasteiger partial charge is 0.327 e. The fourth-order valence-corrected chi connectivity index (χ4v) is 3.44. The Morgan fingerprint density at radius 3 is 2.57 bits per heavy atom. The Hall–Kier alpha value is -2.19. The van der Waals surface area contributed by atoms with Gasteiger partial charge >= 0.3 is 11.9 Å². The first kappa shape index (κ1) is 17.2. The number of amides is 1. The van der Waals surface area contributed by atoms with Crippen LogP contribution >= 0.6 is 24.0 Å². The first-order chi connectivity index (χ1) is 10.8. The minimum absolute atomic E-state index is 0.0449. The van der Waals surface area contributed by atoms with E-state index in [1.807, 2.05) is 31.2 Å². The lowest BCUT2D eigenvalue weighted by Gasteiger charge is -2.21. The molecule has 0 aromatic heterocycles. The first-order valence-electron chi connectivity index (χ1n) is 6.58. The van der Waals surface area contributed by atoms with Crippen LogP contribution in [-0.4, -0.2) is 43.3 Å². The zero-order valence-electron chi connectivity index (χ0n) is 12.1. The van der Waals surface area contributed by atoms with Crippen LogP contribution in [0.2, 0.25) is 0 Å². The lowest BCUT2D eigenvalue weighted by Crippen LogP contribution is -2.45. The molecule has 2 rings (SSSR count). The number of benzene rings is 1. The standard InChI is InChI=1S/C15H13NO5S2/c1-8-4-2-3-5-9(8)6-11-13(19)16(15(22)23-11)10(14(20)21)7-12(17)18/h2-6,10H,7H2,1H3,(H,17,18)(H,20,21)/b11-6-/t10-/m1/s1. The molecule has 0 saturated carbocycles. The van der Waals surface area contributed by atoms with Crippen molar-refractivity contribution in [1.29, 1.82) is 0 Å². The molecular formula is C15H13NO5S2. The molecule has 0 spiro atoms. The Bertz CT molecular complexity index is 728. The molecule has 0 unspecified atom stereocenters. The number of nitrogens with zero attached hydrogens (tertiary/aromatic N) is 1. The third-order valence-corrected chi connectivity index (χ3v) is 4.59. The van der Waals surface area contributed by atoms with E-state index >= 15 is 0 Å².